The molecular weight excluding hydrogens is 268 g/mol. The van der Waals surface area contributed by atoms with E-state index in [1.807, 2.05) is 19.6 Å². The van der Waals surface area contributed by atoms with Crippen LogP contribution in [0.25, 0.3) is 0 Å². The molecule has 1 aliphatic heterocycles. The molecule has 18 heavy (non-hydrogen) atoms. The fourth-order valence-corrected chi connectivity index (χ4v) is 8.30. The summed E-state index contributed by atoms with van der Waals surface area (Å²) in [4.78, 5) is 0. The lowest BCUT2D eigenvalue weighted by Crippen LogP contribution is -2.58. The third-order valence-corrected chi connectivity index (χ3v) is 10.3. The molecule has 0 spiro atoms. The summed E-state index contributed by atoms with van der Waals surface area (Å²) in [6, 6.07) is 0. The first-order valence-electron chi connectivity index (χ1n) is 6.40. The van der Waals surface area contributed by atoms with E-state index in [9.17, 15) is 0 Å². The van der Waals surface area contributed by atoms with Crippen LogP contribution < -0.4 is 0 Å². The van der Waals surface area contributed by atoms with Crippen LogP contribution in [0, 0.1) is 0 Å². The van der Waals surface area contributed by atoms with Gasteiger partial charge in [-0.1, -0.05) is 6.92 Å². The van der Waals surface area contributed by atoms with E-state index < -0.39 is 17.1 Å². The van der Waals surface area contributed by atoms with Gasteiger partial charge in [-0.05, 0) is 26.1 Å². The van der Waals surface area contributed by atoms with Gasteiger partial charge in [-0.25, -0.2) is 0 Å². The van der Waals surface area contributed by atoms with Gasteiger partial charge >= 0.3 is 17.1 Å². The molecule has 3 atom stereocenters. The average molecular weight is 294 g/mol. The molecular formula is C11H26O5Si2. The first-order chi connectivity index (χ1) is 8.37. The second kappa shape index (κ2) is 6.60. The van der Waals surface area contributed by atoms with Gasteiger partial charge in [-0.2, -0.15) is 0 Å². The maximum atomic E-state index is 6.20. The van der Waals surface area contributed by atoms with Gasteiger partial charge < -0.3 is 22.4 Å². The van der Waals surface area contributed by atoms with Crippen molar-refractivity contribution in [3.8, 4) is 0 Å². The van der Waals surface area contributed by atoms with E-state index in [1.165, 1.54) is 0 Å². The Morgan fingerprint density at radius 2 is 1.83 bits per heavy atom. The third kappa shape index (κ3) is 4.73. The predicted molar refractivity (Wildman–Crippen MR) is 74.0 cm³/mol. The number of epoxide rings is 1. The molecule has 7 heteroatoms. The van der Waals surface area contributed by atoms with Crippen LogP contribution in [-0.4, -0.2) is 56.4 Å². The number of ether oxygens (including phenoxy) is 2. The Balaban J connectivity index is 2.61. The largest absolute Gasteiger partial charge is 0.413 e. The molecule has 0 amide bonds. The molecule has 0 aliphatic carbocycles. The van der Waals surface area contributed by atoms with Crippen molar-refractivity contribution in [2.75, 3.05) is 27.4 Å². The number of hydrogen-bond acceptors (Lipinski definition) is 5. The molecule has 0 bridgehead atoms. The van der Waals surface area contributed by atoms with E-state index in [-0.39, 0.29) is 11.8 Å². The zero-order valence-corrected chi connectivity index (χ0v) is 14.3. The minimum absolute atomic E-state index is 0.00799. The smallest absolute Gasteiger partial charge is 0.355 e. The summed E-state index contributed by atoms with van der Waals surface area (Å²) in [5, 5.41) is 0. The Kier molecular flexibility index (Phi) is 5.97. The average Bonchev–Trinajstić information content (AvgIpc) is 3.13. The van der Waals surface area contributed by atoms with Crippen LogP contribution in [0.3, 0.4) is 0 Å². The molecule has 0 saturated carbocycles. The molecule has 1 aliphatic rings. The SMILES string of the molecule is CCC(OCC1CO1)[Si](C)(OC)O[Si](C)(C)OC. The zero-order valence-electron chi connectivity index (χ0n) is 12.3. The molecule has 5 nitrogen and oxygen atoms in total. The second-order valence-corrected chi connectivity index (χ2v) is 12.2. The summed E-state index contributed by atoms with van der Waals surface area (Å²) in [7, 11) is -1.13. The Hall–Kier alpha value is 0.234. The highest BCUT2D eigenvalue weighted by Gasteiger charge is 2.46. The highest BCUT2D eigenvalue weighted by Crippen LogP contribution is 2.24. The van der Waals surface area contributed by atoms with Crippen molar-refractivity contribution in [1.29, 1.82) is 0 Å². The number of rotatable bonds is 9. The molecule has 0 aromatic heterocycles. The van der Waals surface area contributed by atoms with Crippen molar-refractivity contribution in [3.63, 3.8) is 0 Å². The van der Waals surface area contributed by atoms with Crippen LogP contribution in [0.15, 0.2) is 0 Å². The molecule has 1 rings (SSSR count). The normalized spacial score (nSPS) is 24.7. The standard InChI is InChI=1S/C11H26O5Si2/c1-7-11(15-9-10-8-14-10)18(6,13-3)16-17(4,5)12-2/h10-11H,7-9H2,1-6H3. The van der Waals surface area contributed by atoms with Gasteiger partial charge in [-0.15, -0.1) is 0 Å². The minimum Gasteiger partial charge on any atom is -0.413 e. The highest BCUT2D eigenvalue weighted by molar-refractivity contribution is 6.80. The lowest BCUT2D eigenvalue weighted by Gasteiger charge is -2.37. The summed E-state index contributed by atoms with van der Waals surface area (Å²) in [6.07, 6.45) is 1.14. The van der Waals surface area contributed by atoms with Gasteiger partial charge in [0.25, 0.3) is 0 Å². The summed E-state index contributed by atoms with van der Waals surface area (Å²) in [5.41, 5.74) is 0.00799. The lowest BCUT2D eigenvalue weighted by molar-refractivity contribution is 0.0528. The van der Waals surface area contributed by atoms with Crippen LogP contribution in [-0.2, 0) is 22.4 Å². The van der Waals surface area contributed by atoms with Crippen LogP contribution in [0.1, 0.15) is 13.3 Å². The van der Waals surface area contributed by atoms with Gasteiger partial charge in [-0.3, -0.25) is 0 Å². The summed E-state index contributed by atoms with van der Waals surface area (Å²) >= 11 is 0. The maximum Gasteiger partial charge on any atom is 0.355 e. The Morgan fingerprint density at radius 1 is 1.22 bits per heavy atom. The topological polar surface area (TPSA) is 49.5 Å². The molecule has 108 valence electrons. The Bertz CT molecular complexity index is 260. The summed E-state index contributed by atoms with van der Waals surface area (Å²) in [6.45, 7) is 9.61. The van der Waals surface area contributed by atoms with Gasteiger partial charge in [0.2, 0.25) is 0 Å². The van der Waals surface area contributed by atoms with E-state index in [4.69, 9.17) is 22.4 Å². The summed E-state index contributed by atoms with van der Waals surface area (Å²) < 4.78 is 28.4. The monoisotopic (exact) mass is 294 g/mol. The first kappa shape index (κ1) is 16.3. The first-order valence-corrected chi connectivity index (χ1v) is 11.6. The molecule has 0 aromatic rings. The van der Waals surface area contributed by atoms with Gasteiger partial charge in [0.1, 0.15) is 6.10 Å². The molecule has 0 aromatic carbocycles. The highest BCUT2D eigenvalue weighted by atomic mass is 28.5. The fourth-order valence-electron chi connectivity index (χ4n) is 1.80. The van der Waals surface area contributed by atoms with Crippen molar-refractivity contribution < 1.29 is 22.4 Å². The minimum atomic E-state index is -2.39. The fraction of sp³-hybridized carbons (Fsp3) is 1.00. The lowest BCUT2D eigenvalue weighted by atomic mass is 10.5. The van der Waals surface area contributed by atoms with Crippen LogP contribution in [0.5, 0.6) is 0 Å². The Labute approximate surface area is 112 Å². The van der Waals surface area contributed by atoms with Gasteiger partial charge in [0.05, 0.1) is 18.9 Å². The maximum absolute atomic E-state index is 6.20. The molecule has 3 unspecified atom stereocenters. The van der Waals surface area contributed by atoms with Crippen molar-refractivity contribution in [1.82, 2.24) is 0 Å². The van der Waals surface area contributed by atoms with Crippen molar-refractivity contribution in [2.24, 2.45) is 0 Å². The van der Waals surface area contributed by atoms with Crippen molar-refractivity contribution in [2.45, 2.75) is 44.8 Å². The van der Waals surface area contributed by atoms with E-state index in [0.717, 1.165) is 13.0 Å². The van der Waals surface area contributed by atoms with Crippen LogP contribution in [0.4, 0.5) is 0 Å². The Morgan fingerprint density at radius 3 is 2.22 bits per heavy atom. The predicted octanol–water partition coefficient (Wildman–Crippen LogP) is 1.80. The van der Waals surface area contributed by atoms with Crippen molar-refractivity contribution in [3.05, 3.63) is 0 Å². The van der Waals surface area contributed by atoms with Crippen LogP contribution in [0.2, 0.25) is 19.6 Å². The molecule has 1 fully saturated rings. The number of hydrogen-bond donors (Lipinski definition) is 0. The molecule has 1 saturated heterocycles. The van der Waals surface area contributed by atoms with Gasteiger partial charge in [0, 0.05) is 14.2 Å². The third-order valence-electron chi connectivity index (χ3n) is 3.19. The summed E-state index contributed by atoms with van der Waals surface area (Å²) in [5.74, 6) is 0. The van der Waals surface area contributed by atoms with E-state index >= 15 is 0 Å². The van der Waals surface area contributed by atoms with Gasteiger partial charge in [0.15, 0.2) is 0 Å². The van der Waals surface area contributed by atoms with Crippen molar-refractivity contribution >= 4 is 17.1 Å². The van der Waals surface area contributed by atoms with E-state index in [1.54, 1.807) is 14.2 Å². The second-order valence-electron chi connectivity index (χ2n) is 5.11. The zero-order chi connectivity index (χ0) is 13.8. The van der Waals surface area contributed by atoms with E-state index in [2.05, 4.69) is 6.92 Å². The van der Waals surface area contributed by atoms with E-state index in [0.29, 0.717) is 6.61 Å². The molecule has 1 heterocycles. The quantitative estimate of drug-likeness (QED) is 0.479. The van der Waals surface area contributed by atoms with Crippen LogP contribution >= 0.6 is 0 Å². The molecule has 0 N–H and O–H groups in total. The molecule has 0 radical (unpaired) electrons.